The molecule has 0 saturated heterocycles. The molecule has 150 heavy (non-hydrogen) atoms. The molecule has 0 saturated carbocycles. The summed E-state index contributed by atoms with van der Waals surface area (Å²) in [5, 5.41) is 14.8. The van der Waals surface area contributed by atoms with Crippen molar-refractivity contribution in [1.82, 2.24) is 29.9 Å². The third kappa shape index (κ3) is 18.5. The Morgan fingerprint density at radius 2 is 0.273 bits per heavy atom. The summed E-state index contributed by atoms with van der Waals surface area (Å²) < 4.78 is 0. The van der Waals surface area contributed by atoms with Crippen LogP contribution in [-0.2, 0) is 0 Å². The maximum Gasteiger partial charge on any atom is 0.0701 e. The molecule has 0 bridgehead atoms. The SMILES string of the molecule is c1ccc(-c2ccc(-c3ccc4c(-c5ccc(-c6ccccn6)cc5)c5ccccc5c(-c5ccc(-c6ccccn6)cc5)c4c3)cc2)cc1.c1ccc(-c2ccc(-c3ccc4c(-c5ccc(-c6cccnc6)cc5)c5ccccc5c(-c5ccc(-c6cccnc6)cc5)c4c3)cc2)cc1.c1ccc(-c2ccc(-c3ccc4c(-c5ccc(-c6ccncc6)cc5)c5ccccc5c(-c5ccc(-c6ccncc6)cc5)c4c3)cc2)cc1. The van der Waals surface area contributed by atoms with E-state index in [4.69, 9.17) is 0 Å². The van der Waals surface area contributed by atoms with Gasteiger partial charge in [-0.05, 0) is 322 Å². The third-order valence-electron chi connectivity index (χ3n) is 29.0. The molecule has 0 aliphatic heterocycles. The number of hydrogen-bond acceptors (Lipinski definition) is 6. The van der Waals surface area contributed by atoms with Gasteiger partial charge in [-0.3, -0.25) is 29.9 Å². The van der Waals surface area contributed by atoms with Gasteiger partial charge in [0.25, 0.3) is 0 Å². The molecule has 0 radical (unpaired) electrons. The first kappa shape index (κ1) is 91.3. The Morgan fingerprint density at radius 3 is 0.507 bits per heavy atom. The van der Waals surface area contributed by atoms with Gasteiger partial charge in [0.15, 0.2) is 0 Å². The van der Waals surface area contributed by atoms with Crippen LogP contribution in [0.5, 0.6) is 0 Å². The van der Waals surface area contributed by atoms with Crippen LogP contribution in [0.3, 0.4) is 0 Å². The van der Waals surface area contributed by atoms with E-state index < -0.39 is 0 Å². The van der Waals surface area contributed by atoms with E-state index in [9.17, 15) is 0 Å². The Morgan fingerprint density at radius 1 is 0.0933 bits per heavy atom. The first-order valence-corrected chi connectivity index (χ1v) is 50.9. The Kier molecular flexibility index (Phi) is 25.2. The lowest BCUT2D eigenvalue weighted by Crippen LogP contribution is -1.92. The van der Waals surface area contributed by atoms with Crippen LogP contribution >= 0.6 is 0 Å². The molecule has 0 fully saturated rings. The Balaban J connectivity index is 0.000000116. The van der Waals surface area contributed by atoms with E-state index in [1.807, 2.05) is 98.4 Å². The van der Waals surface area contributed by atoms with Crippen molar-refractivity contribution in [2.24, 2.45) is 0 Å². The van der Waals surface area contributed by atoms with Crippen molar-refractivity contribution in [3.8, 4) is 201 Å². The van der Waals surface area contributed by atoms with Crippen molar-refractivity contribution < 1.29 is 0 Å². The molecule has 0 aliphatic carbocycles. The Bertz CT molecular complexity index is 8610. The van der Waals surface area contributed by atoms with E-state index >= 15 is 0 Å². The van der Waals surface area contributed by atoms with Crippen molar-refractivity contribution in [1.29, 1.82) is 0 Å². The summed E-state index contributed by atoms with van der Waals surface area (Å²) in [5.41, 5.74) is 42.4. The van der Waals surface area contributed by atoms with Gasteiger partial charge in [0.05, 0.1) is 11.4 Å². The summed E-state index contributed by atoms with van der Waals surface area (Å²) in [5.74, 6) is 0. The predicted octanol–water partition coefficient (Wildman–Crippen LogP) is 38.4. The van der Waals surface area contributed by atoms with Gasteiger partial charge in [-0.2, -0.15) is 0 Å². The van der Waals surface area contributed by atoms with E-state index in [1.165, 1.54) is 209 Å². The summed E-state index contributed by atoms with van der Waals surface area (Å²) in [6.07, 6.45) is 18.6. The van der Waals surface area contributed by atoms with Crippen LogP contribution in [0.1, 0.15) is 0 Å². The molecule has 6 nitrogen and oxygen atoms in total. The quantitative estimate of drug-likeness (QED) is 0.0797. The van der Waals surface area contributed by atoms with Crippen molar-refractivity contribution in [2.75, 3.05) is 0 Å². The van der Waals surface area contributed by atoms with Crippen LogP contribution in [0.25, 0.3) is 265 Å². The molecule has 21 aromatic carbocycles. The zero-order valence-corrected chi connectivity index (χ0v) is 82.1. The highest BCUT2D eigenvalue weighted by Gasteiger charge is 2.24. The van der Waals surface area contributed by atoms with Crippen LogP contribution in [0.15, 0.2) is 584 Å². The Hall–Kier alpha value is -19.9. The van der Waals surface area contributed by atoms with Crippen LogP contribution in [0.4, 0.5) is 0 Å². The number of pyridine rings is 6. The van der Waals surface area contributed by atoms with Crippen molar-refractivity contribution in [3.05, 3.63) is 584 Å². The fourth-order valence-electron chi connectivity index (χ4n) is 21.6. The summed E-state index contributed by atoms with van der Waals surface area (Å²) in [4.78, 5) is 26.3. The average Bonchev–Trinajstić information content (AvgIpc) is 0.735. The fraction of sp³-hybridized carbons (Fsp3) is 0. The zero-order valence-electron chi connectivity index (χ0n) is 82.1. The molecule has 6 heterocycles. The van der Waals surface area contributed by atoms with Crippen LogP contribution in [-0.4, -0.2) is 29.9 Å². The minimum atomic E-state index is 0.972. The lowest BCUT2D eigenvalue weighted by Gasteiger charge is -2.19. The standard InChI is InChI=1S/3C48H32N2/c1-2-10-33(11-3-1)34-16-18-35(19-17-34)40-28-29-43-44(32-40)48(39-26-22-37(23-27-39)46-15-7-9-31-50-46)42-13-5-4-12-41(42)47(43)38-24-20-36(21-25-38)45-14-6-8-30-49-45;1-2-8-33(9-3-1)34-14-16-35(17-15-34)40-26-27-45-46(30-40)48(39-24-20-37(21-25-39)42-11-7-29-50-32-42)44-13-5-4-12-43(44)47(45)38-22-18-36(19-23-38)41-10-6-28-49-31-41;1-2-6-33(7-3-1)34-10-12-37(13-11-34)42-22-23-45-46(32-42)48(41-20-16-36(17-21-41)39-26-30-50-31-27-39)44-9-5-4-8-43(44)47(45)40-18-14-35(15-19-40)38-24-28-49-29-25-38/h3*1-32H. The molecular weight excluding hydrogens is 1810 g/mol. The molecule has 0 atom stereocenters. The maximum atomic E-state index is 4.59. The topological polar surface area (TPSA) is 77.3 Å². The molecule has 0 amide bonds. The number of fused-ring (bicyclic) bond motifs is 6. The third-order valence-corrected chi connectivity index (χ3v) is 29.0. The van der Waals surface area contributed by atoms with Crippen molar-refractivity contribution >= 4 is 64.6 Å². The molecule has 27 aromatic rings. The van der Waals surface area contributed by atoms with Gasteiger partial charge in [0.2, 0.25) is 0 Å². The van der Waals surface area contributed by atoms with Gasteiger partial charge in [0.1, 0.15) is 0 Å². The van der Waals surface area contributed by atoms with E-state index in [0.29, 0.717) is 0 Å². The molecule has 0 unspecified atom stereocenters. The van der Waals surface area contributed by atoms with Gasteiger partial charge in [-0.15, -0.1) is 0 Å². The lowest BCUT2D eigenvalue weighted by molar-refractivity contribution is 1.33. The van der Waals surface area contributed by atoms with E-state index in [1.54, 1.807) is 0 Å². The van der Waals surface area contributed by atoms with Crippen molar-refractivity contribution in [3.63, 3.8) is 0 Å². The summed E-state index contributed by atoms with van der Waals surface area (Å²) in [7, 11) is 0. The molecule has 6 aromatic heterocycles. The van der Waals surface area contributed by atoms with Crippen LogP contribution < -0.4 is 0 Å². The maximum absolute atomic E-state index is 4.59. The van der Waals surface area contributed by atoms with E-state index in [-0.39, 0.29) is 0 Å². The summed E-state index contributed by atoms with van der Waals surface area (Å²) in [6, 6.07) is 188. The molecule has 0 aliphatic rings. The van der Waals surface area contributed by atoms with Gasteiger partial charge in [0, 0.05) is 73.1 Å². The monoisotopic (exact) mass is 1910 g/mol. The largest absolute Gasteiger partial charge is 0.265 e. The first-order chi connectivity index (χ1) is 74.4. The molecular formula is C144H96N6. The minimum Gasteiger partial charge on any atom is -0.265 e. The molecule has 0 spiro atoms. The molecule has 0 N–H and O–H groups in total. The highest BCUT2D eigenvalue weighted by molar-refractivity contribution is 6.25. The highest BCUT2D eigenvalue weighted by atomic mass is 14.7. The number of aromatic nitrogens is 6. The Labute approximate surface area is 872 Å². The second-order valence-corrected chi connectivity index (χ2v) is 37.8. The summed E-state index contributed by atoms with van der Waals surface area (Å²) in [6.45, 7) is 0. The fourth-order valence-corrected chi connectivity index (χ4v) is 21.6. The molecule has 6 heteroatoms. The molecule has 702 valence electrons. The summed E-state index contributed by atoms with van der Waals surface area (Å²) >= 11 is 0. The predicted molar refractivity (Wildman–Crippen MR) is 629 cm³/mol. The van der Waals surface area contributed by atoms with Gasteiger partial charge >= 0.3 is 0 Å². The zero-order chi connectivity index (χ0) is 99.8. The van der Waals surface area contributed by atoms with Crippen LogP contribution in [0, 0.1) is 0 Å². The molecule has 27 rings (SSSR count). The first-order valence-electron chi connectivity index (χ1n) is 50.9. The van der Waals surface area contributed by atoms with Gasteiger partial charge < -0.3 is 0 Å². The number of hydrogen-bond donors (Lipinski definition) is 0. The van der Waals surface area contributed by atoms with Crippen LogP contribution in [0.2, 0.25) is 0 Å². The highest BCUT2D eigenvalue weighted by Crippen LogP contribution is 2.51. The van der Waals surface area contributed by atoms with Gasteiger partial charge in [-0.25, -0.2) is 0 Å². The number of nitrogens with zero attached hydrogens (tertiary/aromatic N) is 6. The van der Waals surface area contributed by atoms with E-state index in [0.717, 1.165) is 55.9 Å². The van der Waals surface area contributed by atoms with Crippen molar-refractivity contribution in [2.45, 2.75) is 0 Å². The lowest BCUT2D eigenvalue weighted by atomic mass is 9.84. The second-order valence-electron chi connectivity index (χ2n) is 37.8. The van der Waals surface area contributed by atoms with E-state index in [2.05, 4.69) is 515 Å². The second kappa shape index (κ2) is 41.4. The number of rotatable bonds is 18. The average molecular weight is 1910 g/mol. The minimum absolute atomic E-state index is 0.972. The van der Waals surface area contributed by atoms with Gasteiger partial charge in [-0.1, -0.05) is 443 Å². The number of benzene rings is 21. The normalized spacial score (nSPS) is 11.2. The smallest absolute Gasteiger partial charge is 0.0701 e.